The molecule has 0 spiro atoms. The van der Waals surface area contributed by atoms with Crippen molar-refractivity contribution in [3.05, 3.63) is 30.6 Å². The summed E-state index contributed by atoms with van der Waals surface area (Å²) < 4.78 is 41.4. The molecule has 2 fully saturated rings. The van der Waals surface area contributed by atoms with Gasteiger partial charge in [0, 0.05) is 25.5 Å². The Balaban J connectivity index is 1.56. The number of aromatic nitrogens is 3. The Kier molecular flexibility index (Phi) is 4.74. The van der Waals surface area contributed by atoms with E-state index >= 15 is 0 Å². The van der Waals surface area contributed by atoms with Gasteiger partial charge in [0.05, 0.1) is 12.1 Å². The Morgan fingerprint density at radius 2 is 1.94 bits per heavy atom. The number of amides is 1. The topological polar surface area (TPSA) is 117 Å². The smallest absolute Gasteiger partial charge is 0.426 e. The van der Waals surface area contributed by atoms with Gasteiger partial charge in [-0.3, -0.25) is 4.90 Å². The Labute approximate surface area is 187 Å². The Hall–Kier alpha value is -3.41. The maximum absolute atomic E-state index is 14.5. The van der Waals surface area contributed by atoms with Gasteiger partial charge in [-0.05, 0) is 44.9 Å². The van der Waals surface area contributed by atoms with Gasteiger partial charge in [0.25, 0.3) is 6.01 Å². The van der Waals surface area contributed by atoms with E-state index in [1.807, 2.05) is 4.90 Å². The van der Waals surface area contributed by atoms with Crippen LogP contribution in [0.25, 0.3) is 16.8 Å². The van der Waals surface area contributed by atoms with Crippen molar-refractivity contribution in [2.75, 3.05) is 18.0 Å². The lowest BCUT2D eigenvalue weighted by atomic mass is 10.1. The van der Waals surface area contributed by atoms with Crippen LogP contribution in [0.3, 0.4) is 0 Å². The Bertz CT molecular complexity index is 1180. The number of alkyl halides is 2. The van der Waals surface area contributed by atoms with Crippen LogP contribution in [0.2, 0.25) is 0 Å². The normalized spacial score (nSPS) is 21.1. The lowest BCUT2D eigenvalue weighted by Gasteiger charge is -2.38. The second-order valence-corrected chi connectivity index (χ2v) is 8.87. The van der Waals surface area contributed by atoms with Crippen LogP contribution in [0.1, 0.15) is 26.7 Å². The zero-order chi connectivity index (χ0) is 23.5. The number of halogens is 2. The summed E-state index contributed by atoms with van der Waals surface area (Å²) in [5.41, 5.74) is -1.72. The highest BCUT2D eigenvalue weighted by molar-refractivity contribution is 5.88. The molecule has 12 heteroatoms. The van der Waals surface area contributed by atoms with Gasteiger partial charge < -0.3 is 24.3 Å². The number of fused-ring (bicyclic) bond motifs is 3. The van der Waals surface area contributed by atoms with E-state index < -0.39 is 17.8 Å². The number of carbonyl (C=O) groups is 1. The molecule has 3 aromatic rings. The number of anilines is 1. The van der Waals surface area contributed by atoms with Crippen LogP contribution in [0, 0.1) is 0 Å². The molecule has 0 aliphatic carbocycles. The van der Waals surface area contributed by atoms with Crippen molar-refractivity contribution in [3.63, 3.8) is 0 Å². The van der Waals surface area contributed by atoms with Crippen molar-refractivity contribution < 1.29 is 32.9 Å². The number of aliphatic hydroxyl groups is 1. The molecule has 33 heavy (non-hydrogen) atoms. The van der Waals surface area contributed by atoms with Crippen molar-refractivity contribution >= 4 is 23.2 Å². The number of benzene rings is 1. The fourth-order valence-electron chi connectivity index (χ4n) is 4.40. The minimum atomic E-state index is -3.89. The molecule has 2 saturated heterocycles. The summed E-state index contributed by atoms with van der Waals surface area (Å²) in [6.07, 6.45) is -0.131. The highest BCUT2D eigenvalue weighted by Gasteiger charge is 2.49. The number of hydrogen-bond donors (Lipinski definition) is 2. The molecule has 2 aromatic heterocycles. The predicted octanol–water partition coefficient (Wildman–Crippen LogP) is 3.09. The predicted molar refractivity (Wildman–Crippen MR) is 112 cm³/mol. The molecule has 4 heterocycles. The number of rotatable bonds is 5. The van der Waals surface area contributed by atoms with Crippen LogP contribution in [0.15, 0.2) is 35.0 Å². The summed E-state index contributed by atoms with van der Waals surface area (Å²) in [5, 5.41) is 23.5. The zero-order valence-electron chi connectivity index (χ0n) is 18.0. The number of nitrogens with zero attached hydrogens (tertiary/aromatic N) is 5. The molecule has 2 atom stereocenters. The summed E-state index contributed by atoms with van der Waals surface area (Å²) >= 11 is 0. The Morgan fingerprint density at radius 1 is 1.24 bits per heavy atom. The van der Waals surface area contributed by atoms with Crippen molar-refractivity contribution in [2.45, 2.75) is 50.5 Å². The average Bonchev–Trinajstić information content (AvgIpc) is 3.45. The highest BCUT2D eigenvalue weighted by atomic mass is 19.3. The van der Waals surface area contributed by atoms with Gasteiger partial charge in [0.2, 0.25) is 0 Å². The quantitative estimate of drug-likeness (QED) is 0.593. The van der Waals surface area contributed by atoms with Crippen LogP contribution in [-0.4, -0.2) is 72.9 Å². The van der Waals surface area contributed by atoms with Crippen LogP contribution < -0.4 is 9.64 Å². The SMILES string of the molecule is CC(C)(O)C(F)(F)Oc1ccc(-n2cccn2)c2oc(N3CC4CCC(C3)N4C(=O)O)nc12. The molecular weight excluding hydrogens is 440 g/mol. The van der Waals surface area contributed by atoms with Gasteiger partial charge in [-0.1, -0.05) is 0 Å². The van der Waals surface area contributed by atoms with Gasteiger partial charge in [-0.2, -0.15) is 18.9 Å². The molecular formula is C21H23F2N5O5. The van der Waals surface area contributed by atoms with E-state index in [4.69, 9.17) is 9.15 Å². The monoisotopic (exact) mass is 463 g/mol. The van der Waals surface area contributed by atoms with E-state index in [9.17, 15) is 23.8 Å². The molecule has 176 valence electrons. The van der Waals surface area contributed by atoms with Gasteiger partial charge in [0.1, 0.15) is 5.69 Å². The van der Waals surface area contributed by atoms with Gasteiger partial charge in [0.15, 0.2) is 22.5 Å². The minimum absolute atomic E-state index is 0.0509. The van der Waals surface area contributed by atoms with Crippen LogP contribution >= 0.6 is 0 Å². The molecule has 2 N–H and O–H groups in total. The maximum atomic E-state index is 14.5. The first-order chi connectivity index (χ1) is 15.5. The number of piperazine rings is 1. The van der Waals surface area contributed by atoms with E-state index in [1.54, 1.807) is 18.5 Å². The third-order valence-corrected chi connectivity index (χ3v) is 6.15. The average molecular weight is 463 g/mol. The molecule has 2 aliphatic heterocycles. The van der Waals surface area contributed by atoms with Crippen LogP contribution in [0.4, 0.5) is 19.6 Å². The van der Waals surface area contributed by atoms with Crippen molar-refractivity contribution in [3.8, 4) is 11.4 Å². The first kappa shape index (κ1) is 21.4. The van der Waals surface area contributed by atoms with E-state index in [-0.39, 0.29) is 34.9 Å². The van der Waals surface area contributed by atoms with Crippen molar-refractivity contribution in [1.82, 2.24) is 19.7 Å². The first-order valence-electron chi connectivity index (χ1n) is 10.5. The third kappa shape index (κ3) is 3.54. The van der Waals surface area contributed by atoms with E-state index in [0.29, 0.717) is 18.8 Å². The number of hydrogen-bond acceptors (Lipinski definition) is 7. The molecule has 10 nitrogen and oxygen atoms in total. The fourth-order valence-corrected chi connectivity index (χ4v) is 4.40. The second-order valence-electron chi connectivity index (χ2n) is 8.87. The fraction of sp³-hybridized carbons (Fsp3) is 0.476. The molecule has 5 rings (SSSR count). The lowest BCUT2D eigenvalue weighted by Crippen LogP contribution is -2.55. The third-order valence-electron chi connectivity index (χ3n) is 6.15. The molecule has 2 bridgehead atoms. The lowest BCUT2D eigenvalue weighted by molar-refractivity contribution is -0.275. The largest absolute Gasteiger partial charge is 0.465 e. The van der Waals surface area contributed by atoms with E-state index in [1.165, 1.54) is 21.7 Å². The Morgan fingerprint density at radius 3 is 2.52 bits per heavy atom. The summed E-state index contributed by atoms with van der Waals surface area (Å²) in [7, 11) is 0. The van der Waals surface area contributed by atoms with Gasteiger partial charge >= 0.3 is 12.2 Å². The molecule has 1 amide bonds. The molecule has 1 aromatic carbocycles. The second kappa shape index (κ2) is 7.30. The molecule has 2 aliphatic rings. The van der Waals surface area contributed by atoms with E-state index in [2.05, 4.69) is 10.1 Å². The maximum Gasteiger partial charge on any atom is 0.426 e. The van der Waals surface area contributed by atoms with Crippen LogP contribution in [-0.2, 0) is 0 Å². The highest BCUT2D eigenvalue weighted by Crippen LogP contribution is 2.40. The minimum Gasteiger partial charge on any atom is -0.465 e. The van der Waals surface area contributed by atoms with Gasteiger partial charge in [-0.25, -0.2) is 9.48 Å². The summed E-state index contributed by atoms with van der Waals surface area (Å²) in [6, 6.07) is 4.35. The number of oxazole rings is 1. The number of carboxylic acid groups (broad SMARTS) is 1. The zero-order valence-corrected chi connectivity index (χ0v) is 18.0. The number of ether oxygens (including phenoxy) is 1. The molecule has 0 saturated carbocycles. The van der Waals surface area contributed by atoms with Crippen molar-refractivity contribution in [2.24, 2.45) is 0 Å². The first-order valence-corrected chi connectivity index (χ1v) is 10.5. The van der Waals surface area contributed by atoms with E-state index in [0.717, 1.165) is 26.7 Å². The standard InChI is InChI=1S/C21H23F2N5O5/c1-20(2,31)21(22,23)33-15-7-6-14(27-9-3-8-24-27)17-16(15)25-18(32-17)26-10-12-4-5-13(11-26)28(12)19(29)30/h3,6-9,12-13,31H,4-5,10-11H2,1-2H3,(H,29,30). The van der Waals surface area contributed by atoms with Crippen LogP contribution in [0.5, 0.6) is 5.75 Å². The van der Waals surface area contributed by atoms with Crippen molar-refractivity contribution in [1.29, 1.82) is 0 Å². The summed E-state index contributed by atoms with van der Waals surface area (Å²) in [5.74, 6) is -0.254. The van der Waals surface area contributed by atoms with Gasteiger partial charge in [-0.15, -0.1) is 0 Å². The summed E-state index contributed by atoms with van der Waals surface area (Å²) in [4.78, 5) is 19.3. The summed E-state index contributed by atoms with van der Waals surface area (Å²) in [6.45, 7) is 2.66. The molecule has 0 radical (unpaired) electrons. The molecule has 2 unspecified atom stereocenters.